The van der Waals surface area contributed by atoms with E-state index in [1.807, 2.05) is 6.07 Å². The second kappa shape index (κ2) is 8.58. The number of likely N-dealkylation sites (tertiary alicyclic amines) is 1. The molecule has 3 rings (SSSR count). The number of carbonyl (C=O) groups excluding carboxylic acids is 1. The smallest absolute Gasteiger partial charge is 0.244 e. The van der Waals surface area contributed by atoms with Crippen molar-refractivity contribution < 1.29 is 14.1 Å². The van der Waals surface area contributed by atoms with Crippen molar-refractivity contribution in [1.82, 2.24) is 5.32 Å². The molecular weight excluding hydrogens is 315 g/mol. The van der Waals surface area contributed by atoms with Gasteiger partial charge >= 0.3 is 0 Å². The summed E-state index contributed by atoms with van der Waals surface area (Å²) in [6.07, 6.45) is 5.11. The van der Waals surface area contributed by atoms with Crippen LogP contribution in [0, 0.1) is 5.82 Å². The van der Waals surface area contributed by atoms with Crippen LogP contribution in [0.4, 0.5) is 4.39 Å². The zero-order chi connectivity index (χ0) is 17.5. The molecule has 0 unspecified atom stereocenters. The van der Waals surface area contributed by atoms with Crippen LogP contribution in [0.5, 0.6) is 0 Å². The van der Waals surface area contributed by atoms with Crippen molar-refractivity contribution in [1.29, 1.82) is 0 Å². The molecule has 0 aromatic heterocycles. The minimum atomic E-state index is -0.295. The molecule has 25 heavy (non-hydrogen) atoms. The van der Waals surface area contributed by atoms with Gasteiger partial charge in [-0.25, -0.2) is 4.39 Å². The third kappa shape index (κ3) is 5.54. The Balaban J connectivity index is 1.43. The number of quaternary nitrogens is 1. The zero-order valence-electron chi connectivity index (χ0n) is 14.2. The van der Waals surface area contributed by atoms with E-state index in [4.69, 9.17) is 0 Å². The van der Waals surface area contributed by atoms with Gasteiger partial charge in [-0.15, -0.1) is 0 Å². The Labute approximate surface area is 148 Å². The summed E-state index contributed by atoms with van der Waals surface area (Å²) in [7, 11) is 0. The van der Waals surface area contributed by atoms with E-state index in [1.165, 1.54) is 23.8 Å². The first-order chi connectivity index (χ1) is 12.2. The third-order valence-electron chi connectivity index (χ3n) is 4.61. The highest BCUT2D eigenvalue weighted by molar-refractivity contribution is 5.91. The number of carbonyl (C=O) groups is 1. The predicted molar refractivity (Wildman–Crippen MR) is 97.4 cm³/mol. The molecule has 1 heterocycles. The van der Waals surface area contributed by atoms with E-state index >= 15 is 0 Å². The Morgan fingerprint density at radius 3 is 2.60 bits per heavy atom. The standard InChI is InChI=1S/C21H23FN2O/c22-19-8-4-7-17(15-19)9-10-21(25)23-20-11-13-24(14-12-20)16-18-5-2-1-3-6-18/h1-10,15,20H,11-14,16H2,(H,23,25)/p+1/b10-9+. The first kappa shape index (κ1) is 17.4. The van der Waals surface area contributed by atoms with Gasteiger partial charge in [0.25, 0.3) is 0 Å². The summed E-state index contributed by atoms with van der Waals surface area (Å²) in [5.74, 6) is -0.405. The average molecular weight is 339 g/mol. The van der Waals surface area contributed by atoms with Crippen molar-refractivity contribution in [2.24, 2.45) is 0 Å². The SMILES string of the molecule is O=C(/C=C/c1cccc(F)c1)NC1CC[NH+](Cc2ccccc2)CC1. The second-order valence-corrected chi connectivity index (χ2v) is 6.58. The third-order valence-corrected chi connectivity index (χ3v) is 4.61. The Bertz CT molecular complexity index is 722. The molecule has 0 spiro atoms. The highest BCUT2D eigenvalue weighted by Crippen LogP contribution is 2.06. The summed E-state index contributed by atoms with van der Waals surface area (Å²) in [4.78, 5) is 13.6. The number of hydrogen-bond acceptors (Lipinski definition) is 1. The van der Waals surface area contributed by atoms with Crippen LogP contribution in [0.2, 0.25) is 0 Å². The van der Waals surface area contributed by atoms with Crippen LogP contribution in [-0.4, -0.2) is 25.0 Å². The molecule has 2 N–H and O–H groups in total. The van der Waals surface area contributed by atoms with Crippen molar-refractivity contribution in [3.63, 3.8) is 0 Å². The van der Waals surface area contributed by atoms with Gasteiger partial charge < -0.3 is 10.2 Å². The van der Waals surface area contributed by atoms with Crippen LogP contribution in [0.25, 0.3) is 6.08 Å². The van der Waals surface area contributed by atoms with Gasteiger partial charge in [0.15, 0.2) is 0 Å². The quantitative estimate of drug-likeness (QED) is 0.805. The van der Waals surface area contributed by atoms with Crippen molar-refractivity contribution in [2.45, 2.75) is 25.4 Å². The first-order valence-corrected chi connectivity index (χ1v) is 8.81. The van der Waals surface area contributed by atoms with Gasteiger partial charge in [-0.3, -0.25) is 4.79 Å². The van der Waals surface area contributed by atoms with Crippen LogP contribution < -0.4 is 10.2 Å². The summed E-state index contributed by atoms with van der Waals surface area (Å²) >= 11 is 0. The lowest BCUT2D eigenvalue weighted by molar-refractivity contribution is -0.918. The van der Waals surface area contributed by atoms with Gasteiger partial charge in [0, 0.05) is 30.5 Å². The van der Waals surface area contributed by atoms with E-state index in [1.54, 1.807) is 23.1 Å². The monoisotopic (exact) mass is 339 g/mol. The summed E-state index contributed by atoms with van der Waals surface area (Å²) in [5.41, 5.74) is 2.05. The Morgan fingerprint density at radius 2 is 1.88 bits per heavy atom. The molecule has 1 amide bonds. The molecule has 0 saturated carbocycles. The molecule has 2 aromatic carbocycles. The van der Waals surface area contributed by atoms with Gasteiger partial charge in [-0.1, -0.05) is 42.5 Å². The van der Waals surface area contributed by atoms with E-state index in [2.05, 4.69) is 29.6 Å². The van der Waals surface area contributed by atoms with E-state index < -0.39 is 0 Å². The minimum absolute atomic E-state index is 0.110. The summed E-state index contributed by atoms with van der Waals surface area (Å²) < 4.78 is 13.1. The fourth-order valence-corrected chi connectivity index (χ4v) is 3.26. The molecule has 4 heteroatoms. The van der Waals surface area contributed by atoms with Gasteiger partial charge in [0.1, 0.15) is 12.4 Å². The number of rotatable bonds is 5. The highest BCUT2D eigenvalue weighted by atomic mass is 19.1. The summed E-state index contributed by atoms with van der Waals surface area (Å²) in [6.45, 7) is 3.17. The minimum Gasteiger partial charge on any atom is -0.349 e. The number of hydrogen-bond donors (Lipinski definition) is 2. The van der Waals surface area contributed by atoms with Crippen molar-refractivity contribution in [2.75, 3.05) is 13.1 Å². The van der Waals surface area contributed by atoms with Crippen molar-refractivity contribution in [3.05, 3.63) is 77.6 Å². The van der Waals surface area contributed by atoms with Crippen LogP contribution >= 0.6 is 0 Å². The normalized spacial score (nSPS) is 20.5. The number of amides is 1. The summed E-state index contributed by atoms with van der Waals surface area (Å²) in [5, 5.41) is 3.06. The molecule has 2 aromatic rings. The van der Waals surface area contributed by atoms with Crippen LogP contribution in [0.1, 0.15) is 24.0 Å². The first-order valence-electron chi connectivity index (χ1n) is 8.81. The molecule has 130 valence electrons. The predicted octanol–water partition coefficient (Wildman–Crippen LogP) is 2.20. The van der Waals surface area contributed by atoms with E-state index in [-0.39, 0.29) is 17.8 Å². The Hall–Kier alpha value is -2.46. The number of benzene rings is 2. The Morgan fingerprint density at radius 1 is 1.12 bits per heavy atom. The molecule has 1 saturated heterocycles. The zero-order valence-corrected chi connectivity index (χ0v) is 14.2. The summed E-state index contributed by atoms with van der Waals surface area (Å²) in [6, 6.07) is 17.0. The Kier molecular flexibility index (Phi) is 5.96. The van der Waals surface area contributed by atoms with Gasteiger partial charge in [0.05, 0.1) is 13.1 Å². The number of nitrogens with one attached hydrogen (secondary N) is 2. The van der Waals surface area contributed by atoms with Gasteiger partial charge in [0.2, 0.25) is 5.91 Å². The lowest BCUT2D eigenvalue weighted by Gasteiger charge is -2.29. The maximum absolute atomic E-state index is 13.1. The fraction of sp³-hybridized carbons (Fsp3) is 0.286. The van der Waals surface area contributed by atoms with E-state index in [9.17, 15) is 9.18 Å². The van der Waals surface area contributed by atoms with E-state index in [0.717, 1.165) is 32.5 Å². The van der Waals surface area contributed by atoms with E-state index in [0.29, 0.717) is 5.56 Å². The largest absolute Gasteiger partial charge is 0.349 e. The lowest BCUT2D eigenvalue weighted by Crippen LogP contribution is -3.12. The molecule has 1 aliphatic heterocycles. The van der Waals surface area contributed by atoms with Crippen LogP contribution in [0.15, 0.2) is 60.7 Å². The van der Waals surface area contributed by atoms with Gasteiger partial charge in [-0.05, 0) is 23.8 Å². The van der Waals surface area contributed by atoms with Crippen LogP contribution in [-0.2, 0) is 11.3 Å². The number of piperidine rings is 1. The number of halogens is 1. The maximum Gasteiger partial charge on any atom is 0.244 e. The highest BCUT2D eigenvalue weighted by Gasteiger charge is 2.22. The van der Waals surface area contributed by atoms with Gasteiger partial charge in [-0.2, -0.15) is 0 Å². The molecule has 0 bridgehead atoms. The molecular formula is C21H24FN2O+. The lowest BCUT2D eigenvalue weighted by atomic mass is 10.0. The fourth-order valence-electron chi connectivity index (χ4n) is 3.26. The average Bonchev–Trinajstić information content (AvgIpc) is 2.63. The van der Waals surface area contributed by atoms with Crippen LogP contribution in [0.3, 0.4) is 0 Å². The molecule has 0 aliphatic carbocycles. The second-order valence-electron chi connectivity index (χ2n) is 6.58. The maximum atomic E-state index is 13.1. The molecule has 1 aliphatic rings. The molecule has 0 radical (unpaired) electrons. The molecule has 1 fully saturated rings. The van der Waals surface area contributed by atoms with Crippen molar-refractivity contribution in [3.8, 4) is 0 Å². The molecule has 0 atom stereocenters. The van der Waals surface area contributed by atoms with Crippen molar-refractivity contribution >= 4 is 12.0 Å². The molecule has 3 nitrogen and oxygen atoms in total. The topological polar surface area (TPSA) is 33.5 Å².